The fourth-order valence-corrected chi connectivity index (χ4v) is 2.93. The van der Waals surface area contributed by atoms with Gasteiger partial charge in [0.25, 0.3) is 0 Å². The average molecular weight is 226 g/mol. The van der Waals surface area contributed by atoms with Crippen molar-refractivity contribution in [2.45, 2.75) is 38.8 Å². The van der Waals surface area contributed by atoms with Crippen molar-refractivity contribution in [3.63, 3.8) is 0 Å². The number of piperazine rings is 1. The molecule has 0 aromatic rings. The molecule has 16 heavy (non-hydrogen) atoms. The Morgan fingerprint density at radius 3 is 2.94 bits per heavy atom. The lowest BCUT2D eigenvalue weighted by atomic mass is 10.1. The summed E-state index contributed by atoms with van der Waals surface area (Å²) < 4.78 is 0. The van der Waals surface area contributed by atoms with Gasteiger partial charge in [0.05, 0.1) is 5.92 Å². The van der Waals surface area contributed by atoms with Gasteiger partial charge in [0.1, 0.15) is 0 Å². The smallest absolute Gasteiger partial charge is 0.307 e. The molecule has 4 heteroatoms. The van der Waals surface area contributed by atoms with Crippen LogP contribution in [-0.2, 0) is 4.79 Å². The summed E-state index contributed by atoms with van der Waals surface area (Å²) in [5, 5.41) is 8.95. The third-order valence-electron chi connectivity index (χ3n) is 4.00. The molecule has 0 aromatic heterocycles. The van der Waals surface area contributed by atoms with Gasteiger partial charge >= 0.3 is 5.97 Å². The fourth-order valence-electron chi connectivity index (χ4n) is 2.93. The molecule has 1 N–H and O–H groups in total. The van der Waals surface area contributed by atoms with Gasteiger partial charge in [-0.2, -0.15) is 0 Å². The van der Waals surface area contributed by atoms with Crippen LogP contribution in [0, 0.1) is 5.92 Å². The van der Waals surface area contributed by atoms with Gasteiger partial charge in [-0.3, -0.25) is 14.6 Å². The molecule has 2 aliphatic rings. The van der Waals surface area contributed by atoms with Gasteiger partial charge in [-0.15, -0.1) is 0 Å². The van der Waals surface area contributed by atoms with Crippen LogP contribution in [0.15, 0.2) is 0 Å². The molecule has 2 rings (SSSR count). The van der Waals surface area contributed by atoms with Gasteiger partial charge in [-0.05, 0) is 26.3 Å². The summed E-state index contributed by atoms with van der Waals surface area (Å²) in [5.74, 6) is -0.934. The van der Waals surface area contributed by atoms with Crippen LogP contribution in [0.1, 0.15) is 26.7 Å². The van der Waals surface area contributed by atoms with Crippen LogP contribution < -0.4 is 0 Å². The second kappa shape index (κ2) is 4.72. The van der Waals surface area contributed by atoms with Crippen molar-refractivity contribution in [3.05, 3.63) is 0 Å². The van der Waals surface area contributed by atoms with E-state index in [1.165, 1.54) is 19.4 Å². The number of aliphatic carboxylic acids is 1. The highest BCUT2D eigenvalue weighted by Crippen LogP contribution is 2.24. The van der Waals surface area contributed by atoms with Crippen LogP contribution in [0.5, 0.6) is 0 Å². The van der Waals surface area contributed by atoms with Crippen LogP contribution >= 0.6 is 0 Å². The molecule has 0 aromatic carbocycles. The Bertz CT molecular complexity index is 270. The second-order valence-corrected chi connectivity index (χ2v) is 5.33. The van der Waals surface area contributed by atoms with Gasteiger partial charge in [-0.25, -0.2) is 0 Å². The minimum Gasteiger partial charge on any atom is -0.481 e. The first-order valence-corrected chi connectivity index (χ1v) is 6.29. The SMILES string of the molecule is CC(CN1CC2CCCN2CC1C)C(=O)O. The zero-order chi connectivity index (χ0) is 11.7. The van der Waals surface area contributed by atoms with E-state index in [4.69, 9.17) is 5.11 Å². The largest absolute Gasteiger partial charge is 0.481 e. The van der Waals surface area contributed by atoms with Crippen molar-refractivity contribution < 1.29 is 9.90 Å². The molecule has 3 unspecified atom stereocenters. The van der Waals surface area contributed by atoms with Crippen LogP contribution in [-0.4, -0.2) is 59.1 Å². The van der Waals surface area contributed by atoms with Crippen LogP contribution in [0.4, 0.5) is 0 Å². The van der Waals surface area contributed by atoms with Crippen molar-refractivity contribution in [2.75, 3.05) is 26.2 Å². The van der Waals surface area contributed by atoms with E-state index in [1.807, 2.05) is 0 Å². The third-order valence-corrected chi connectivity index (χ3v) is 4.00. The zero-order valence-electron chi connectivity index (χ0n) is 10.2. The van der Waals surface area contributed by atoms with Gasteiger partial charge < -0.3 is 5.11 Å². The minimum atomic E-state index is -0.680. The van der Waals surface area contributed by atoms with Gasteiger partial charge in [0, 0.05) is 31.7 Å². The number of carbonyl (C=O) groups is 1. The molecule has 0 aliphatic carbocycles. The Labute approximate surface area is 97.2 Å². The molecular weight excluding hydrogens is 204 g/mol. The Morgan fingerprint density at radius 1 is 1.50 bits per heavy atom. The second-order valence-electron chi connectivity index (χ2n) is 5.33. The number of carboxylic acid groups (broad SMARTS) is 1. The van der Waals surface area contributed by atoms with E-state index in [1.54, 1.807) is 6.92 Å². The fraction of sp³-hybridized carbons (Fsp3) is 0.917. The topological polar surface area (TPSA) is 43.8 Å². The van der Waals surface area contributed by atoms with E-state index >= 15 is 0 Å². The third kappa shape index (κ3) is 2.38. The Kier molecular flexibility index (Phi) is 3.50. The molecule has 2 saturated heterocycles. The average Bonchev–Trinajstić information content (AvgIpc) is 2.65. The lowest BCUT2D eigenvalue weighted by Gasteiger charge is -2.42. The highest BCUT2D eigenvalue weighted by molar-refractivity contribution is 5.69. The van der Waals surface area contributed by atoms with Gasteiger partial charge in [-0.1, -0.05) is 6.92 Å². The first-order valence-electron chi connectivity index (χ1n) is 6.29. The Morgan fingerprint density at radius 2 is 2.25 bits per heavy atom. The van der Waals surface area contributed by atoms with Crippen molar-refractivity contribution in [1.29, 1.82) is 0 Å². The normalized spacial score (nSPS) is 33.6. The minimum absolute atomic E-state index is 0.254. The number of nitrogens with zero attached hydrogens (tertiary/aromatic N) is 2. The van der Waals surface area contributed by atoms with Crippen LogP contribution in [0.25, 0.3) is 0 Å². The Balaban J connectivity index is 1.92. The molecule has 2 fully saturated rings. The van der Waals surface area contributed by atoms with E-state index in [0.717, 1.165) is 13.1 Å². The lowest BCUT2D eigenvalue weighted by molar-refractivity contribution is -0.142. The highest BCUT2D eigenvalue weighted by atomic mass is 16.4. The predicted octanol–water partition coefficient (Wildman–Crippen LogP) is 0.876. The summed E-state index contributed by atoms with van der Waals surface area (Å²) >= 11 is 0. The molecule has 0 bridgehead atoms. The number of fused-ring (bicyclic) bond motifs is 1. The molecule has 2 aliphatic heterocycles. The van der Waals surface area contributed by atoms with Gasteiger partial charge in [0.15, 0.2) is 0 Å². The first kappa shape index (κ1) is 11.9. The standard InChI is InChI=1S/C12H22N2O2/c1-9(12(15)16)6-14-8-11-4-3-5-13(11)7-10(14)2/h9-11H,3-8H2,1-2H3,(H,15,16). The van der Waals surface area contributed by atoms with Crippen molar-refractivity contribution in [3.8, 4) is 0 Å². The summed E-state index contributed by atoms with van der Waals surface area (Å²) in [6.07, 6.45) is 2.59. The number of hydrogen-bond donors (Lipinski definition) is 1. The maximum absolute atomic E-state index is 10.9. The zero-order valence-corrected chi connectivity index (χ0v) is 10.2. The summed E-state index contributed by atoms with van der Waals surface area (Å²) in [5.41, 5.74) is 0. The Hall–Kier alpha value is -0.610. The molecule has 3 atom stereocenters. The molecule has 4 nitrogen and oxygen atoms in total. The molecule has 0 amide bonds. The van der Waals surface area contributed by atoms with Gasteiger partial charge in [0.2, 0.25) is 0 Å². The number of carboxylic acids is 1. The molecule has 2 heterocycles. The van der Waals surface area contributed by atoms with E-state index in [2.05, 4.69) is 16.7 Å². The molecule has 92 valence electrons. The maximum atomic E-state index is 10.9. The van der Waals surface area contributed by atoms with Crippen LogP contribution in [0.3, 0.4) is 0 Å². The number of rotatable bonds is 3. The van der Waals surface area contributed by atoms with E-state index in [9.17, 15) is 4.79 Å². The van der Waals surface area contributed by atoms with Crippen molar-refractivity contribution in [1.82, 2.24) is 9.80 Å². The molecule has 0 spiro atoms. The van der Waals surface area contributed by atoms with Crippen LogP contribution in [0.2, 0.25) is 0 Å². The van der Waals surface area contributed by atoms with Crippen molar-refractivity contribution >= 4 is 5.97 Å². The highest BCUT2D eigenvalue weighted by Gasteiger charge is 2.35. The van der Waals surface area contributed by atoms with E-state index < -0.39 is 5.97 Å². The summed E-state index contributed by atoms with van der Waals surface area (Å²) in [6.45, 7) is 8.10. The van der Waals surface area contributed by atoms with Crippen molar-refractivity contribution in [2.24, 2.45) is 5.92 Å². The number of hydrogen-bond acceptors (Lipinski definition) is 3. The summed E-state index contributed by atoms with van der Waals surface area (Å²) in [4.78, 5) is 15.8. The molecule has 0 radical (unpaired) electrons. The predicted molar refractivity (Wildman–Crippen MR) is 62.4 cm³/mol. The summed E-state index contributed by atoms with van der Waals surface area (Å²) in [7, 11) is 0. The molecule has 0 saturated carbocycles. The van der Waals surface area contributed by atoms with E-state index in [0.29, 0.717) is 18.6 Å². The summed E-state index contributed by atoms with van der Waals surface area (Å²) in [6, 6.07) is 1.17. The first-order chi connectivity index (χ1) is 7.58. The van der Waals surface area contributed by atoms with E-state index in [-0.39, 0.29) is 5.92 Å². The maximum Gasteiger partial charge on any atom is 0.307 e. The quantitative estimate of drug-likeness (QED) is 0.775. The monoisotopic (exact) mass is 226 g/mol. The lowest BCUT2D eigenvalue weighted by Crippen LogP contribution is -2.56. The molecular formula is C12H22N2O2.